The van der Waals surface area contributed by atoms with Crippen LogP contribution in [0.5, 0.6) is 0 Å². The van der Waals surface area contributed by atoms with Crippen LogP contribution in [0.15, 0.2) is 42.5 Å². The summed E-state index contributed by atoms with van der Waals surface area (Å²) in [5, 5.41) is 4.35. The second-order valence-electron chi connectivity index (χ2n) is 5.13. The van der Waals surface area contributed by atoms with Gasteiger partial charge in [-0.3, -0.25) is 0 Å². The average Bonchev–Trinajstić information content (AvgIpc) is 2.71. The third-order valence-electron chi connectivity index (χ3n) is 3.78. The van der Waals surface area contributed by atoms with Crippen molar-refractivity contribution >= 4 is 17.3 Å². The van der Waals surface area contributed by atoms with Gasteiger partial charge in [0.15, 0.2) is 0 Å². The third kappa shape index (κ3) is 2.34. The van der Waals surface area contributed by atoms with Crippen molar-refractivity contribution < 1.29 is 0 Å². The van der Waals surface area contributed by atoms with Crippen LogP contribution < -0.4 is 11.1 Å². The van der Waals surface area contributed by atoms with Crippen LogP contribution in [0.4, 0.5) is 5.69 Å². The Morgan fingerprint density at radius 3 is 2.63 bits per heavy atom. The Morgan fingerprint density at radius 2 is 1.89 bits per heavy atom. The number of nitrogens with two attached hydrogens (primary N) is 1. The molecule has 3 heteroatoms. The van der Waals surface area contributed by atoms with Crippen molar-refractivity contribution in [3.05, 3.63) is 64.2 Å². The molecule has 2 unspecified atom stereocenters. The van der Waals surface area contributed by atoms with Crippen LogP contribution in [-0.4, -0.2) is 0 Å². The van der Waals surface area contributed by atoms with Gasteiger partial charge in [-0.2, -0.15) is 0 Å². The number of rotatable bonds is 2. The van der Waals surface area contributed by atoms with E-state index in [2.05, 4.69) is 36.5 Å². The van der Waals surface area contributed by atoms with E-state index in [0.717, 1.165) is 22.7 Å². The third-order valence-corrected chi connectivity index (χ3v) is 4.01. The molecule has 19 heavy (non-hydrogen) atoms. The van der Waals surface area contributed by atoms with Crippen LogP contribution >= 0.6 is 11.6 Å². The van der Waals surface area contributed by atoms with Crippen molar-refractivity contribution in [1.82, 2.24) is 0 Å². The summed E-state index contributed by atoms with van der Waals surface area (Å²) in [5.41, 5.74) is 11.0. The first-order chi connectivity index (χ1) is 9.15. The number of aryl methyl sites for hydroxylation is 1. The van der Waals surface area contributed by atoms with Gasteiger partial charge in [-0.25, -0.2) is 0 Å². The molecular weight excluding hydrogens is 256 g/mol. The summed E-state index contributed by atoms with van der Waals surface area (Å²) in [5.74, 6) is 0. The standard InChI is InChI=1S/C16H17ClN2/c1-10-8-11(17)6-7-15(10)19-16-9-14(18)12-4-2-3-5-13(12)16/h2-8,14,16,19H,9,18H2,1H3. The van der Waals surface area contributed by atoms with Crippen molar-refractivity contribution in [2.75, 3.05) is 5.32 Å². The van der Waals surface area contributed by atoms with Crippen molar-refractivity contribution in [3.63, 3.8) is 0 Å². The van der Waals surface area contributed by atoms with Gasteiger partial charge in [0.05, 0.1) is 6.04 Å². The summed E-state index contributed by atoms with van der Waals surface area (Å²) in [6, 6.07) is 14.7. The minimum Gasteiger partial charge on any atom is -0.378 e. The fourth-order valence-corrected chi connectivity index (χ4v) is 3.01. The molecule has 0 amide bonds. The van der Waals surface area contributed by atoms with Gasteiger partial charge in [0.1, 0.15) is 0 Å². The summed E-state index contributed by atoms with van der Waals surface area (Å²) in [7, 11) is 0. The zero-order valence-corrected chi connectivity index (χ0v) is 11.6. The van der Waals surface area contributed by atoms with E-state index in [9.17, 15) is 0 Å². The van der Waals surface area contributed by atoms with Gasteiger partial charge in [-0.1, -0.05) is 35.9 Å². The van der Waals surface area contributed by atoms with Gasteiger partial charge in [-0.15, -0.1) is 0 Å². The van der Waals surface area contributed by atoms with E-state index in [-0.39, 0.29) is 12.1 Å². The molecule has 2 atom stereocenters. The molecule has 0 bridgehead atoms. The van der Waals surface area contributed by atoms with Gasteiger partial charge in [0.2, 0.25) is 0 Å². The lowest BCUT2D eigenvalue weighted by atomic mass is 10.1. The lowest BCUT2D eigenvalue weighted by Crippen LogP contribution is -2.10. The molecule has 98 valence electrons. The minimum absolute atomic E-state index is 0.126. The number of nitrogens with one attached hydrogen (secondary N) is 1. The Morgan fingerprint density at radius 1 is 1.16 bits per heavy atom. The van der Waals surface area contributed by atoms with Crippen LogP contribution in [0.1, 0.15) is 35.2 Å². The molecule has 0 heterocycles. The predicted octanol–water partition coefficient (Wildman–Crippen LogP) is 4.21. The highest BCUT2D eigenvalue weighted by Crippen LogP contribution is 2.39. The summed E-state index contributed by atoms with van der Waals surface area (Å²) in [6.07, 6.45) is 0.932. The molecule has 0 aromatic heterocycles. The molecule has 0 radical (unpaired) electrons. The predicted molar refractivity (Wildman–Crippen MR) is 80.5 cm³/mol. The molecule has 0 fully saturated rings. The zero-order chi connectivity index (χ0) is 13.4. The summed E-state index contributed by atoms with van der Waals surface area (Å²) >= 11 is 5.99. The SMILES string of the molecule is Cc1cc(Cl)ccc1NC1CC(N)c2ccccc21. The fraction of sp³-hybridized carbons (Fsp3) is 0.250. The summed E-state index contributed by atoms with van der Waals surface area (Å²) in [4.78, 5) is 0. The van der Waals surface area contributed by atoms with Crippen LogP contribution in [0.25, 0.3) is 0 Å². The number of halogens is 1. The second kappa shape index (κ2) is 4.87. The maximum absolute atomic E-state index is 6.19. The van der Waals surface area contributed by atoms with Crippen molar-refractivity contribution in [3.8, 4) is 0 Å². The van der Waals surface area contributed by atoms with Crippen molar-refractivity contribution in [2.45, 2.75) is 25.4 Å². The second-order valence-corrected chi connectivity index (χ2v) is 5.56. The number of anilines is 1. The number of benzene rings is 2. The maximum Gasteiger partial charge on any atom is 0.0535 e. The lowest BCUT2D eigenvalue weighted by Gasteiger charge is -2.17. The summed E-state index contributed by atoms with van der Waals surface area (Å²) in [6.45, 7) is 2.06. The van der Waals surface area contributed by atoms with E-state index < -0.39 is 0 Å². The Balaban J connectivity index is 1.89. The van der Waals surface area contributed by atoms with E-state index in [1.807, 2.05) is 18.2 Å². The van der Waals surface area contributed by atoms with Gasteiger partial charge in [0.25, 0.3) is 0 Å². The molecule has 1 aliphatic rings. The molecule has 0 saturated carbocycles. The first-order valence-corrected chi connectivity index (χ1v) is 6.90. The topological polar surface area (TPSA) is 38.0 Å². The van der Waals surface area contributed by atoms with Crippen LogP contribution in [0.3, 0.4) is 0 Å². The van der Waals surface area contributed by atoms with Crippen LogP contribution in [0.2, 0.25) is 5.02 Å². The van der Waals surface area contributed by atoms with Gasteiger partial charge in [-0.05, 0) is 48.2 Å². The number of hydrogen-bond donors (Lipinski definition) is 2. The Hall–Kier alpha value is -1.51. The highest BCUT2D eigenvalue weighted by atomic mass is 35.5. The zero-order valence-electron chi connectivity index (χ0n) is 10.9. The smallest absolute Gasteiger partial charge is 0.0535 e. The van der Waals surface area contributed by atoms with E-state index in [0.29, 0.717) is 0 Å². The molecule has 3 N–H and O–H groups in total. The molecule has 0 saturated heterocycles. The molecule has 2 aromatic rings. The maximum atomic E-state index is 6.19. The first kappa shape index (κ1) is 12.5. The van der Waals surface area contributed by atoms with Gasteiger partial charge >= 0.3 is 0 Å². The number of hydrogen-bond acceptors (Lipinski definition) is 2. The quantitative estimate of drug-likeness (QED) is 0.860. The van der Waals surface area contributed by atoms with Crippen molar-refractivity contribution in [1.29, 1.82) is 0 Å². The average molecular weight is 273 g/mol. The van der Waals surface area contributed by atoms with Crippen LogP contribution in [0, 0.1) is 6.92 Å². The highest BCUT2D eigenvalue weighted by Gasteiger charge is 2.28. The normalized spacial score (nSPS) is 21.2. The Kier molecular flexibility index (Phi) is 3.21. The number of fused-ring (bicyclic) bond motifs is 1. The van der Waals surface area contributed by atoms with Gasteiger partial charge < -0.3 is 11.1 Å². The van der Waals surface area contributed by atoms with Crippen molar-refractivity contribution in [2.24, 2.45) is 5.73 Å². The van der Waals surface area contributed by atoms with Gasteiger partial charge in [0, 0.05) is 16.8 Å². The fourth-order valence-electron chi connectivity index (χ4n) is 2.79. The Labute approximate surface area is 118 Å². The molecule has 2 aromatic carbocycles. The monoisotopic (exact) mass is 272 g/mol. The largest absolute Gasteiger partial charge is 0.378 e. The molecule has 1 aliphatic carbocycles. The molecule has 0 aliphatic heterocycles. The molecule has 3 rings (SSSR count). The molecule has 0 spiro atoms. The van der Waals surface area contributed by atoms with E-state index in [4.69, 9.17) is 17.3 Å². The van der Waals surface area contributed by atoms with E-state index in [1.54, 1.807) is 0 Å². The Bertz CT molecular complexity index is 609. The van der Waals surface area contributed by atoms with E-state index >= 15 is 0 Å². The lowest BCUT2D eigenvalue weighted by molar-refractivity contribution is 0.648. The molecular formula is C16H17ClN2. The first-order valence-electron chi connectivity index (χ1n) is 6.52. The molecule has 2 nitrogen and oxygen atoms in total. The van der Waals surface area contributed by atoms with Crippen LogP contribution in [-0.2, 0) is 0 Å². The summed E-state index contributed by atoms with van der Waals surface area (Å²) < 4.78 is 0. The highest BCUT2D eigenvalue weighted by molar-refractivity contribution is 6.30. The minimum atomic E-state index is 0.126. The van der Waals surface area contributed by atoms with E-state index in [1.165, 1.54) is 11.1 Å².